The van der Waals surface area contributed by atoms with Crippen LogP contribution in [0.1, 0.15) is 58.3 Å². The van der Waals surface area contributed by atoms with Gasteiger partial charge in [-0.05, 0) is 32.1 Å². The van der Waals surface area contributed by atoms with Crippen LogP contribution in [0.15, 0.2) is 24.3 Å². The molecule has 0 aromatic heterocycles. The van der Waals surface area contributed by atoms with Crippen LogP contribution in [0.5, 0.6) is 0 Å². The van der Waals surface area contributed by atoms with Crippen LogP contribution < -0.4 is 0 Å². The van der Waals surface area contributed by atoms with E-state index in [1.807, 2.05) is 6.08 Å². The van der Waals surface area contributed by atoms with Crippen molar-refractivity contribution in [3.05, 3.63) is 24.3 Å². The maximum atomic E-state index is 10.8. The van der Waals surface area contributed by atoms with Crippen LogP contribution in [0.25, 0.3) is 0 Å². The lowest BCUT2D eigenvalue weighted by Crippen LogP contribution is -2.16. The Hall–Kier alpha value is -1.58. The van der Waals surface area contributed by atoms with E-state index in [1.165, 1.54) is 19.3 Å². The minimum absolute atomic E-state index is 0.280. The van der Waals surface area contributed by atoms with Gasteiger partial charge in [0, 0.05) is 0 Å². The van der Waals surface area contributed by atoms with Crippen LogP contribution in [0.2, 0.25) is 0 Å². The van der Waals surface area contributed by atoms with Crippen molar-refractivity contribution >= 4 is 11.9 Å². The van der Waals surface area contributed by atoms with Crippen molar-refractivity contribution in [1.82, 2.24) is 0 Å². The predicted molar refractivity (Wildman–Crippen MR) is 79.7 cm³/mol. The minimum Gasteiger partial charge on any atom is -0.481 e. The second-order valence-corrected chi connectivity index (χ2v) is 4.88. The average Bonchev–Trinajstić information content (AvgIpc) is 2.39. The fourth-order valence-corrected chi connectivity index (χ4v) is 1.80. The van der Waals surface area contributed by atoms with Gasteiger partial charge in [0.1, 0.15) is 0 Å². The van der Waals surface area contributed by atoms with Crippen molar-refractivity contribution in [2.75, 3.05) is 0 Å². The third kappa shape index (κ3) is 11.5. The molecule has 0 aromatic carbocycles. The maximum Gasteiger partial charge on any atom is 0.307 e. The highest BCUT2D eigenvalue weighted by atomic mass is 16.4. The molecule has 0 saturated carbocycles. The summed E-state index contributed by atoms with van der Waals surface area (Å²) in [6.45, 7) is 2.18. The van der Waals surface area contributed by atoms with Gasteiger partial charge < -0.3 is 10.2 Å². The van der Waals surface area contributed by atoms with E-state index in [0.29, 0.717) is 0 Å². The van der Waals surface area contributed by atoms with Crippen LogP contribution >= 0.6 is 0 Å². The summed E-state index contributed by atoms with van der Waals surface area (Å²) in [6, 6.07) is 0. The lowest BCUT2D eigenvalue weighted by atomic mass is 10.0. The second-order valence-electron chi connectivity index (χ2n) is 4.88. The van der Waals surface area contributed by atoms with Crippen LogP contribution in [-0.4, -0.2) is 22.2 Å². The largest absolute Gasteiger partial charge is 0.481 e. The summed E-state index contributed by atoms with van der Waals surface area (Å²) in [7, 11) is 0. The highest BCUT2D eigenvalue weighted by Gasteiger charge is 2.18. The molecule has 0 rings (SSSR count). The second kappa shape index (κ2) is 12.5. The molecule has 0 amide bonds. The van der Waals surface area contributed by atoms with Crippen molar-refractivity contribution in [1.29, 1.82) is 0 Å². The summed E-state index contributed by atoms with van der Waals surface area (Å²) in [6.07, 6.45) is 14.7. The number of hydrogen-bond donors (Lipinski definition) is 2. The van der Waals surface area contributed by atoms with Gasteiger partial charge in [-0.1, -0.05) is 44.1 Å². The summed E-state index contributed by atoms with van der Waals surface area (Å²) >= 11 is 0. The smallest absolute Gasteiger partial charge is 0.307 e. The van der Waals surface area contributed by atoms with Gasteiger partial charge in [-0.15, -0.1) is 0 Å². The number of aliphatic carboxylic acids is 2. The Bertz CT molecular complexity index is 331. The number of unbranched alkanes of at least 4 members (excludes halogenated alkanes) is 4. The zero-order valence-corrected chi connectivity index (χ0v) is 12.3. The van der Waals surface area contributed by atoms with Gasteiger partial charge in [0.25, 0.3) is 0 Å². The van der Waals surface area contributed by atoms with Crippen LogP contribution in [-0.2, 0) is 9.59 Å². The van der Waals surface area contributed by atoms with E-state index in [1.54, 1.807) is 6.08 Å². The first kappa shape index (κ1) is 18.4. The van der Waals surface area contributed by atoms with Crippen LogP contribution in [0.4, 0.5) is 0 Å². The van der Waals surface area contributed by atoms with Crippen molar-refractivity contribution in [3.63, 3.8) is 0 Å². The Morgan fingerprint density at radius 2 is 1.55 bits per heavy atom. The molecule has 0 radical (unpaired) electrons. The number of rotatable bonds is 12. The highest BCUT2D eigenvalue weighted by molar-refractivity contribution is 5.77. The number of carboxylic acids is 2. The Balaban J connectivity index is 3.73. The van der Waals surface area contributed by atoms with Gasteiger partial charge in [0.15, 0.2) is 0 Å². The van der Waals surface area contributed by atoms with Gasteiger partial charge >= 0.3 is 11.9 Å². The highest BCUT2D eigenvalue weighted by Crippen LogP contribution is 2.10. The number of hydrogen-bond acceptors (Lipinski definition) is 2. The van der Waals surface area contributed by atoms with Crippen molar-refractivity contribution in [2.45, 2.75) is 58.3 Å². The average molecular weight is 282 g/mol. The van der Waals surface area contributed by atoms with Gasteiger partial charge in [0.2, 0.25) is 0 Å². The molecule has 4 nitrogen and oxygen atoms in total. The Morgan fingerprint density at radius 3 is 2.10 bits per heavy atom. The SMILES string of the molecule is CCCCC/C=C/CC/C=C/CC(CC(=O)O)C(=O)O. The zero-order chi connectivity index (χ0) is 15.2. The minimum atomic E-state index is -1.07. The standard InChI is InChI=1S/C16H26O4/c1-2-3-4-5-6-7-8-9-10-11-12-14(16(19)20)13-15(17)18/h6-7,10-11,14H,2-5,8-9,12-13H2,1H3,(H,17,18)(H,19,20)/b7-6+,11-10+. The first-order valence-electron chi connectivity index (χ1n) is 7.32. The normalized spacial score (nSPS) is 13.1. The van der Waals surface area contributed by atoms with Crippen LogP contribution in [0, 0.1) is 5.92 Å². The molecule has 2 N–H and O–H groups in total. The summed E-state index contributed by atoms with van der Waals surface area (Å²) in [5.41, 5.74) is 0. The van der Waals surface area contributed by atoms with E-state index in [-0.39, 0.29) is 12.8 Å². The van der Waals surface area contributed by atoms with Gasteiger partial charge in [-0.2, -0.15) is 0 Å². The Morgan fingerprint density at radius 1 is 0.950 bits per heavy atom. The first-order chi connectivity index (χ1) is 9.57. The van der Waals surface area contributed by atoms with Gasteiger partial charge in [0.05, 0.1) is 12.3 Å². The number of carboxylic acid groups (broad SMARTS) is 2. The van der Waals surface area contributed by atoms with Crippen LogP contribution in [0.3, 0.4) is 0 Å². The van der Waals surface area contributed by atoms with E-state index in [2.05, 4.69) is 19.1 Å². The number of allylic oxidation sites excluding steroid dienone is 4. The first-order valence-corrected chi connectivity index (χ1v) is 7.32. The van der Waals surface area contributed by atoms with E-state index < -0.39 is 17.9 Å². The zero-order valence-electron chi connectivity index (χ0n) is 12.3. The lowest BCUT2D eigenvalue weighted by molar-refractivity contribution is -0.148. The van der Waals surface area contributed by atoms with E-state index >= 15 is 0 Å². The molecule has 0 aliphatic heterocycles. The van der Waals surface area contributed by atoms with Gasteiger partial charge in [-0.3, -0.25) is 9.59 Å². The van der Waals surface area contributed by atoms with Crippen molar-refractivity contribution < 1.29 is 19.8 Å². The monoisotopic (exact) mass is 282 g/mol. The third-order valence-electron chi connectivity index (χ3n) is 3.00. The molecule has 4 heteroatoms. The van der Waals surface area contributed by atoms with Crippen molar-refractivity contribution in [3.8, 4) is 0 Å². The Kier molecular flexibility index (Phi) is 11.5. The molecule has 20 heavy (non-hydrogen) atoms. The quantitative estimate of drug-likeness (QED) is 0.418. The molecule has 0 saturated heterocycles. The number of carbonyl (C=O) groups is 2. The molecule has 0 aliphatic carbocycles. The van der Waals surface area contributed by atoms with E-state index in [9.17, 15) is 9.59 Å². The maximum absolute atomic E-state index is 10.8. The molecule has 0 bridgehead atoms. The molecular formula is C16H26O4. The molecule has 0 fully saturated rings. The summed E-state index contributed by atoms with van der Waals surface area (Å²) in [4.78, 5) is 21.3. The Labute approximate surface area is 121 Å². The molecule has 0 spiro atoms. The fourth-order valence-electron chi connectivity index (χ4n) is 1.80. The third-order valence-corrected chi connectivity index (χ3v) is 3.00. The molecule has 1 unspecified atom stereocenters. The molecule has 1 atom stereocenters. The predicted octanol–water partition coefficient (Wildman–Crippen LogP) is 4.02. The lowest BCUT2D eigenvalue weighted by Gasteiger charge is -2.05. The fraction of sp³-hybridized carbons (Fsp3) is 0.625. The van der Waals surface area contributed by atoms with E-state index in [4.69, 9.17) is 10.2 Å². The topological polar surface area (TPSA) is 74.6 Å². The summed E-state index contributed by atoms with van der Waals surface area (Å²) < 4.78 is 0. The van der Waals surface area contributed by atoms with Gasteiger partial charge in [-0.25, -0.2) is 0 Å². The summed E-state index contributed by atoms with van der Waals surface area (Å²) in [5, 5.41) is 17.5. The molecular weight excluding hydrogens is 256 g/mol. The van der Waals surface area contributed by atoms with E-state index in [0.717, 1.165) is 19.3 Å². The molecule has 114 valence electrons. The molecule has 0 aliphatic rings. The summed E-state index contributed by atoms with van der Waals surface area (Å²) in [5.74, 6) is -2.94. The molecule has 0 aromatic rings. The molecule has 0 heterocycles. The van der Waals surface area contributed by atoms with Crippen molar-refractivity contribution in [2.24, 2.45) is 5.92 Å².